The number of carbonyl (C=O) groups excluding carboxylic acids is 1. The second kappa shape index (κ2) is 4.77. The molecular weight excluding hydrogens is 250 g/mol. The van der Waals surface area contributed by atoms with Gasteiger partial charge in [0.15, 0.2) is 10.8 Å². The van der Waals surface area contributed by atoms with E-state index in [0.717, 1.165) is 5.69 Å². The van der Waals surface area contributed by atoms with Gasteiger partial charge in [-0.2, -0.15) is 5.10 Å². The van der Waals surface area contributed by atoms with Crippen LogP contribution in [-0.2, 0) is 7.05 Å². The molecule has 2 aromatic rings. The smallest absolute Gasteiger partial charge is 0.280 e. The molecule has 18 heavy (non-hydrogen) atoms. The SMILES string of the molecule is CC(C)c1csc(NC(=O)c2nn(C)cc2N)n1. The normalized spacial score (nSPS) is 10.9. The first kappa shape index (κ1) is 12.6. The summed E-state index contributed by atoms with van der Waals surface area (Å²) in [5.74, 6) is 0.00424. The lowest BCUT2D eigenvalue weighted by Crippen LogP contribution is -2.14. The number of aryl methyl sites for hydroxylation is 1. The van der Waals surface area contributed by atoms with Crippen molar-refractivity contribution in [2.45, 2.75) is 19.8 Å². The van der Waals surface area contributed by atoms with Gasteiger partial charge in [-0.05, 0) is 5.92 Å². The van der Waals surface area contributed by atoms with E-state index in [1.165, 1.54) is 16.0 Å². The number of nitrogen functional groups attached to an aromatic ring is 1. The number of rotatable bonds is 3. The van der Waals surface area contributed by atoms with E-state index in [0.29, 0.717) is 16.7 Å². The van der Waals surface area contributed by atoms with Crippen LogP contribution in [0.15, 0.2) is 11.6 Å². The quantitative estimate of drug-likeness (QED) is 0.886. The minimum Gasteiger partial charge on any atom is -0.396 e. The maximum Gasteiger partial charge on any atom is 0.280 e. The maximum atomic E-state index is 11.9. The van der Waals surface area contributed by atoms with Crippen LogP contribution in [0.25, 0.3) is 0 Å². The van der Waals surface area contributed by atoms with E-state index in [4.69, 9.17) is 5.73 Å². The van der Waals surface area contributed by atoms with Crippen LogP contribution in [0, 0.1) is 0 Å². The summed E-state index contributed by atoms with van der Waals surface area (Å²) >= 11 is 1.40. The molecule has 2 heterocycles. The zero-order valence-corrected chi connectivity index (χ0v) is 11.3. The fourth-order valence-electron chi connectivity index (χ4n) is 1.45. The van der Waals surface area contributed by atoms with Crippen LogP contribution >= 0.6 is 11.3 Å². The number of thiazole rings is 1. The summed E-state index contributed by atoms with van der Waals surface area (Å²) in [4.78, 5) is 16.2. The lowest BCUT2D eigenvalue weighted by molar-refractivity contribution is 0.102. The van der Waals surface area contributed by atoms with Gasteiger partial charge in [0, 0.05) is 18.6 Å². The highest BCUT2D eigenvalue weighted by Gasteiger charge is 2.16. The molecule has 0 aliphatic rings. The van der Waals surface area contributed by atoms with Gasteiger partial charge in [-0.1, -0.05) is 13.8 Å². The Labute approximate surface area is 109 Å². The lowest BCUT2D eigenvalue weighted by atomic mass is 10.2. The van der Waals surface area contributed by atoms with Gasteiger partial charge >= 0.3 is 0 Å². The molecule has 0 atom stereocenters. The van der Waals surface area contributed by atoms with E-state index < -0.39 is 0 Å². The van der Waals surface area contributed by atoms with E-state index in [9.17, 15) is 4.79 Å². The second-order valence-corrected chi connectivity index (χ2v) is 5.15. The molecular formula is C11H15N5OS. The van der Waals surface area contributed by atoms with Gasteiger partial charge in [0.05, 0.1) is 11.4 Å². The Balaban J connectivity index is 2.13. The van der Waals surface area contributed by atoms with Crippen molar-refractivity contribution in [2.75, 3.05) is 11.1 Å². The van der Waals surface area contributed by atoms with Crippen molar-refractivity contribution in [3.63, 3.8) is 0 Å². The fourth-order valence-corrected chi connectivity index (χ4v) is 2.32. The molecule has 7 heteroatoms. The molecule has 0 saturated carbocycles. The van der Waals surface area contributed by atoms with Crippen molar-refractivity contribution in [3.05, 3.63) is 23.0 Å². The van der Waals surface area contributed by atoms with Gasteiger partial charge < -0.3 is 5.73 Å². The fraction of sp³-hybridized carbons (Fsp3) is 0.364. The van der Waals surface area contributed by atoms with Gasteiger partial charge in [0.2, 0.25) is 0 Å². The molecule has 0 unspecified atom stereocenters. The van der Waals surface area contributed by atoms with Crippen LogP contribution in [0.5, 0.6) is 0 Å². The van der Waals surface area contributed by atoms with Crippen LogP contribution in [0.3, 0.4) is 0 Å². The van der Waals surface area contributed by atoms with Crippen LogP contribution in [0.1, 0.15) is 35.9 Å². The highest BCUT2D eigenvalue weighted by molar-refractivity contribution is 7.14. The number of nitrogens with zero attached hydrogens (tertiary/aromatic N) is 3. The molecule has 2 aromatic heterocycles. The highest BCUT2D eigenvalue weighted by Crippen LogP contribution is 2.22. The lowest BCUT2D eigenvalue weighted by Gasteiger charge is -2.00. The number of carbonyl (C=O) groups is 1. The summed E-state index contributed by atoms with van der Waals surface area (Å²) in [6.45, 7) is 4.11. The summed E-state index contributed by atoms with van der Waals surface area (Å²) in [6.07, 6.45) is 1.59. The molecule has 0 bridgehead atoms. The molecule has 0 fully saturated rings. The van der Waals surface area contributed by atoms with Crippen LogP contribution in [-0.4, -0.2) is 20.7 Å². The molecule has 3 N–H and O–H groups in total. The van der Waals surface area contributed by atoms with Crippen molar-refractivity contribution >= 4 is 28.1 Å². The summed E-state index contributed by atoms with van der Waals surface area (Å²) < 4.78 is 1.51. The van der Waals surface area contributed by atoms with Gasteiger partial charge in [-0.25, -0.2) is 4.98 Å². The molecule has 0 spiro atoms. The maximum absolute atomic E-state index is 11.9. The monoisotopic (exact) mass is 265 g/mol. The predicted octanol–water partition coefficient (Wildman–Crippen LogP) is 1.83. The molecule has 0 aromatic carbocycles. The molecule has 0 aliphatic carbocycles. The average Bonchev–Trinajstić information content (AvgIpc) is 2.85. The standard InChI is InChI=1S/C11H15N5OS/c1-6(2)8-5-18-11(13-8)14-10(17)9-7(12)4-16(3)15-9/h4-6H,12H2,1-3H3,(H,13,14,17). The van der Waals surface area contributed by atoms with Crippen LogP contribution in [0.4, 0.5) is 10.8 Å². The van der Waals surface area contributed by atoms with E-state index >= 15 is 0 Å². The van der Waals surface area contributed by atoms with Gasteiger partial charge in [-0.15, -0.1) is 11.3 Å². The van der Waals surface area contributed by atoms with Gasteiger partial charge in [0.1, 0.15) is 0 Å². The third-order valence-electron chi connectivity index (χ3n) is 2.41. The topological polar surface area (TPSA) is 85.8 Å². The van der Waals surface area contributed by atoms with Crippen molar-refractivity contribution in [3.8, 4) is 0 Å². The molecule has 96 valence electrons. The number of hydrogen-bond acceptors (Lipinski definition) is 5. The van der Waals surface area contributed by atoms with Crippen molar-refractivity contribution in [1.29, 1.82) is 0 Å². The Bertz CT molecular complexity index is 572. The Morgan fingerprint density at radius 3 is 2.78 bits per heavy atom. The van der Waals surface area contributed by atoms with Gasteiger partial charge in [0.25, 0.3) is 5.91 Å². The molecule has 0 radical (unpaired) electrons. The van der Waals surface area contributed by atoms with Crippen molar-refractivity contribution in [2.24, 2.45) is 7.05 Å². The number of hydrogen-bond donors (Lipinski definition) is 2. The number of anilines is 2. The molecule has 1 amide bonds. The summed E-state index contributed by atoms with van der Waals surface area (Å²) in [5.41, 5.74) is 7.23. The molecule has 2 rings (SSSR count). The largest absolute Gasteiger partial charge is 0.396 e. The molecule has 0 saturated heterocycles. The summed E-state index contributed by atoms with van der Waals surface area (Å²) in [5, 5.41) is 9.20. The zero-order chi connectivity index (χ0) is 13.3. The third-order valence-corrected chi connectivity index (χ3v) is 3.18. The summed E-state index contributed by atoms with van der Waals surface area (Å²) in [6, 6.07) is 0. The van der Waals surface area contributed by atoms with Gasteiger partial charge in [-0.3, -0.25) is 14.8 Å². The van der Waals surface area contributed by atoms with E-state index in [1.54, 1.807) is 13.2 Å². The van der Waals surface area contributed by atoms with Crippen LogP contribution in [0.2, 0.25) is 0 Å². The minimum absolute atomic E-state index is 0.221. The highest BCUT2D eigenvalue weighted by atomic mass is 32.1. The minimum atomic E-state index is -0.335. The first-order valence-electron chi connectivity index (χ1n) is 5.53. The van der Waals surface area contributed by atoms with E-state index in [-0.39, 0.29) is 11.6 Å². The van der Waals surface area contributed by atoms with Crippen molar-refractivity contribution < 1.29 is 4.79 Å². The second-order valence-electron chi connectivity index (χ2n) is 4.29. The first-order valence-corrected chi connectivity index (χ1v) is 6.41. The predicted molar refractivity (Wildman–Crippen MR) is 71.8 cm³/mol. The first-order chi connectivity index (χ1) is 8.47. The van der Waals surface area contributed by atoms with Crippen molar-refractivity contribution in [1.82, 2.24) is 14.8 Å². The van der Waals surface area contributed by atoms with E-state index in [2.05, 4.69) is 29.2 Å². The Morgan fingerprint density at radius 1 is 1.56 bits per heavy atom. The molecule has 6 nitrogen and oxygen atoms in total. The number of amides is 1. The molecule has 0 aliphatic heterocycles. The Morgan fingerprint density at radius 2 is 2.28 bits per heavy atom. The number of nitrogens with one attached hydrogen (secondary N) is 1. The average molecular weight is 265 g/mol. The number of aromatic nitrogens is 3. The van der Waals surface area contributed by atoms with Crippen LogP contribution < -0.4 is 11.1 Å². The zero-order valence-electron chi connectivity index (χ0n) is 10.5. The number of nitrogens with two attached hydrogens (primary N) is 1. The summed E-state index contributed by atoms with van der Waals surface area (Å²) in [7, 11) is 1.72. The Hall–Kier alpha value is -1.89. The van der Waals surface area contributed by atoms with E-state index in [1.807, 2.05) is 5.38 Å². The Kier molecular flexibility index (Phi) is 3.33. The third kappa shape index (κ3) is 2.51.